The lowest BCUT2D eigenvalue weighted by molar-refractivity contribution is -0.114. The van der Waals surface area contributed by atoms with E-state index in [1.807, 2.05) is 0 Å². The normalized spacial score (nSPS) is 16.5. The zero-order valence-corrected chi connectivity index (χ0v) is 16.3. The average molecular weight is 424 g/mol. The minimum Gasteiger partial charge on any atom is -0.493 e. The molecule has 150 valence electrons. The molecule has 1 amide bonds. The molecule has 8 nitrogen and oxygen atoms in total. The van der Waals surface area contributed by atoms with Crippen LogP contribution in [0.2, 0.25) is 0 Å². The zero-order valence-electron chi connectivity index (χ0n) is 15.5. The number of carbonyl (C=O) groups is 2. The predicted molar refractivity (Wildman–Crippen MR) is 110 cm³/mol. The van der Waals surface area contributed by atoms with Crippen molar-refractivity contribution in [3.05, 3.63) is 65.0 Å². The summed E-state index contributed by atoms with van der Waals surface area (Å²) in [7, 11) is 1.38. The van der Waals surface area contributed by atoms with E-state index in [0.717, 1.165) is 17.8 Å². The number of fused-ring (bicyclic) bond motifs is 1. The van der Waals surface area contributed by atoms with Gasteiger partial charge in [-0.15, -0.1) is 0 Å². The van der Waals surface area contributed by atoms with Crippen LogP contribution in [0.3, 0.4) is 0 Å². The number of benzene rings is 2. The number of hydrazone groups is 1. The number of thioether (sulfide) groups is 1. The van der Waals surface area contributed by atoms with Gasteiger partial charge in [-0.25, -0.2) is 9.18 Å². The number of esters is 1. The summed E-state index contributed by atoms with van der Waals surface area (Å²) < 4.78 is 24.3. The molecule has 0 fully saturated rings. The number of carbonyl (C=O) groups excluding carboxylic acids is 2. The van der Waals surface area contributed by atoms with Crippen molar-refractivity contribution in [1.29, 1.82) is 5.41 Å². The maximum atomic E-state index is 13.8. The highest BCUT2D eigenvalue weighted by atomic mass is 32.2. The first-order valence-electron chi connectivity index (χ1n) is 8.55. The molecular formula is C20H13FN4O4S. The molecule has 10 heteroatoms. The molecule has 1 N–H and O–H groups in total. The Morgan fingerprint density at radius 3 is 2.80 bits per heavy atom. The summed E-state index contributed by atoms with van der Waals surface area (Å²) in [6.07, 6.45) is 1.47. The molecule has 0 atom stereocenters. The predicted octanol–water partition coefficient (Wildman–Crippen LogP) is 3.30. The summed E-state index contributed by atoms with van der Waals surface area (Å²) >= 11 is 1.16. The smallest absolute Gasteiger partial charge is 0.346 e. The van der Waals surface area contributed by atoms with Gasteiger partial charge in [-0.1, -0.05) is 18.2 Å². The van der Waals surface area contributed by atoms with Crippen LogP contribution >= 0.6 is 11.8 Å². The van der Waals surface area contributed by atoms with Gasteiger partial charge < -0.3 is 9.47 Å². The fraction of sp³-hybridized carbons (Fsp3) is 0.0500. The zero-order chi connectivity index (χ0) is 21.3. The lowest BCUT2D eigenvalue weighted by Gasteiger charge is -2.20. The van der Waals surface area contributed by atoms with Crippen LogP contribution in [0.5, 0.6) is 11.5 Å². The van der Waals surface area contributed by atoms with Gasteiger partial charge in [0.25, 0.3) is 5.91 Å². The highest BCUT2D eigenvalue weighted by Gasteiger charge is 2.32. The SMILES string of the molecule is COc1cc(C=C2C(=N)N3N=CSC3=NC2=O)ccc1OC(=O)c1ccccc1F. The minimum absolute atomic E-state index is 0.0524. The molecule has 2 heterocycles. The van der Waals surface area contributed by atoms with Crippen LogP contribution in [0.15, 0.2) is 58.1 Å². The largest absolute Gasteiger partial charge is 0.493 e. The van der Waals surface area contributed by atoms with E-state index in [1.54, 1.807) is 6.07 Å². The number of nitrogens with zero attached hydrogens (tertiary/aromatic N) is 3. The Bertz CT molecular complexity index is 1180. The van der Waals surface area contributed by atoms with Crippen LogP contribution in [0.1, 0.15) is 15.9 Å². The van der Waals surface area contributed by atoms with Gasteiger partial charge in [0.15, 0.2) is 22.5 Å². The molecule has 2 aromatic carbocycles. The number of hydrogen-bond acceptors (Lipinski definition) is 7. The van der Waals surface area contributed by atoms with Gasteiger partial charge >= 0.3 is 5.97 Å². The van der Waals surface area contributed by atoms with E-state index in [2.05, 4.69) is 10.1 Å². The first-order valence-corrected chi connectivity index (χ1v) is 9.43. The lowest BCUT2D eigenvalue weighted by Crippen LogP contribution is -2.35. The molecule has 0 saturated carbocycles. The molecule has 2 aromatic rings. The van der Waals surface area contributed by atoms with Gasteiger partial charge in [-0.05, 0) is 47.7 Å². The first kappa shape index (κ1) is 19.5. The maximum Gasteiger partial charge on any atom is 0.346 e. The minimum atomic E-state index is -0.868. The van der Waals surface area contributed by atoms with Gasteiger partial charge in [0.1, 0.15) is 5.82 Å². The van der Waals surface area contributed by atoms with Crippen molar-refractivity contribution >= 4 is 46.3 Å². The third-order valence-corrected chi connectivity index (χ3v) is 4.87. The second-order valence-electron chi connectivity index (χ2n) is 6.04. The number of rotatable bonds is 4. The Hall–Kier alpha value is -3.79. The molecule has 30 heavy (non-hydrogen) atoms. The Kier molecular flexibility index (Phi) is 5.15. The van der Waals surface area contributed by atoms with Crippen LogP contribution in [0.4, 0.5) is 4.39 Å². The van der Waals surface area contributed by atoms with Crippen LogP contribution in [0.25, 0.3) is 6.08 Å². The van der Waals surface area contributed by atoms with E-state index in [9.17, 15) is 14.0 Å². The van der Waals surface area contributed by atoms with Crippen molar-refractivity contribution in [3.8, 4) is 11.5 Å². The van der Waals surface area contributed by atoms with E-state index in [1.165, 1.54) is 54.1 Å². The first-order chi connectivity index (χ1) is 14.5. The van der Waals surface area contributed by atoms with Crippen LogP contribution in [0, 0.1) is 11.2 Å². The highest BCUT2D eigenvalue weighted by molar-refractivity contribution is 8.25. The van der Waals surface area contributed by atoms with Crippen molar-refractivity contribution in [2.75, 3.05) is 7.11 Å². The Labute approximate surface area is 174 Å². The summed E-state index contributed by atoms with van der Waals surface area (Å²) in [5.41, 5.74) is 1.85. The number of amides is 1. The number of amidine groups is 2. The molecule has 0 radical (unpaired) electrons. The molecule has 2 aliphatic heterocycles. The second-order valence-corrected chi connectivity index (χ2v) is 6.85. The van der Waals surface area contributed by atoms with E-state index in [0.29, 0.717) is 10.7 Å². The topological polar surface area (TPSA) is 104 Å². The van der Waals surface area contributed by atoms with Crippen molar-refractivity contribution in [2.45, 2.75) is 0 Å². The van der Waals surface area contributed by atoms with E-state index in [4.69, 9.17) is 14.9 Å². The summed E-state index contributed by atoms with van der Waals surface area (Å²) in [4.78, 5) is 28.4. The van der Waals surface area contributed by atoms with Crippen LogP contribution in [-0.4, -0.2) is 40.5 Å². The standard InChI is InChI=1S/C20H13FN4O4S/c1-28-16-9-11(8-13-17(22)25-20(24-18(13)26)30-10-23-25)6-7-15(16)29-19(27)12-4-2-3-5-14(12)21/h2-10,22H,1H3. The molecule has 0 saturated heterocycles. The molecule has 4 rings (SSSR count). The lowest BCUT2D eigenvalue weighted by atomic mass is 10.1. The average Bonchev–Trinajstić information content (AvgIpc) is 3.20. The number of ether oxygens (including phenoxy) is 2. The second kappa shape index (κ2) is 7.91. The third kappa shape index (κ3) is 3.60. The third-order valence-electron chi connectivity index (χ3n) is 4.19. The van der Waals surface area contributed by atoms with Crippen LogP contribution in [-0.2, 0) is 4.79 Å². The van der Waals surface area contributed by atoms with E-state index < -0.39 is 17.7 Å². The fourth-order valence-electron chi connectivity index (χ4n) is 2.74. The summed E-state index contributed by atoms with van der Waals surface area (Å²) in [5.74, 6) is -1.94. The summed E-state index contributed by atoms with van der Waals surface area (Å²) in [5, 5.41) is 13.8. The van der Waals surface area contributed by atoms with Crippen molar-refractivity contribution < 1.29 is 23.5 Å². The van der Waals surface area contributed by atoms with E-state index in [-0.39, 0.29) is 28.5 Å². The summed E-state index contributed by atoms with van der Waals surface area (Å²) in [6.45, 7) is 0. The van der Waals surface area contributed by atoms with Gasteiger partial charge in [0.05, 0.1) is 23.8 Å². The van der Waals surface area contributed by atoms with Crippen molar-refractivity contribution in [2.24, 2.45) is 10.1 Å². The molecule has 0 aliphatic carbocycles. The molecule has 2 aliphatic rings. The van der Waals surface area contributed by atoms with Gasteiger partial charge in [-0.2, -0.15) is 15.1 Å². The molecule has 0 bridgehead atoms. The Morgan fingerprint density at radius 1 is 1.23 bits per heavy atom. The molecular weight excluding hydrogens is 411 g/mol. The Balaban J connectivity index is 1.61. The van der Waals surface area contributed by atoms with Crippen molar-refractivity contribution in [3.63, 3.8) is 0 Å². The Morgan fingerprint density at radius 2 is 2.03 bits per heavy atom. The quantitative estimate of drug-likeness (QED) is 0.459. The fourth-order valence-corrected chi connectivity index (χ4v) is 3.35. The molecule has 0 spiro atoms. The maximum absolute atomic E-state index is 13.8. The summed E-state index contributed by atoms with van der Waals surface area (Å²) in [6, 6.07) is 10.0. The van der Waals surface area contributed by atoms with E-state index >= 15 is 0 Å². The monoisotopic (exact) mass is 424 g/mol. The molecule has 0 aromatic heterocycles. The highest BCUT2D eigenvalue weighted by Crippen LogP contribution is 2.31. The van der Waals surface area contributed by atoms with Gasteiger partial charge in [0, 0.05) is 0 Å². The van der Waals surface area contributed by atoms with Gasteiger partial charge in [0.2, 0.25) is 0 Å². The van der Waals surface area contributed by atoms with Crippen molar-refractivity contribution in [1.82, 2.24) is 5.01 Å². The number of hydrogen-bond donors (Lipinski definition) is 1. The number of aliphatic imine (C=N–C) groups is 1. The number of halogens is 1. The molecule has 0 unspecified atom stereocenters. The van der Waals surface area contributed by atoms with Crippen LogP contribution < -0.4 is 9.47 Å². The number of methoxy groups -OCH3 is 1. The van der Waals surface area contributed by atoms with Gasteiger partial charge in [-0.3, -0.25) is 10.2 Å². The number of nitrogens with one attached hydrogen (secondary N) is 1.